The first-order valence-electron chi connectivity index (χ1n) is 6.09. The predicted molar refractivity (Wildman–Crippen MR) is 64.9 cm³/mol. The van der Waals surface area contributed by atoms with Gasteiger partial charge in [0, 0.05) is 25.8 Å². The van der Waals surface area contributed by atoms with E-state index in [4.69, 9.17) is 5.11 Å². The molecule has 1 fully saturated rings. The maximum Gasteiger partial charge on any atom is 0.335 e. The summed E-state index contributed by atoms with van der Waals surface area (Å²) >= 11 is 0. The van der Waals surface area contributed by atoms with Crippen molar-refractivity contribution in [1.29, 1.82) is 0 Å². The van der Waals surface area contributed by atoms with Crippen LogP contribution >= 0.6 is 0 Å². The molecule has 0 saturated carbocycles. The molecule has 1 aliphatic heterocycles. The van der Waals surface area contributed by atoms with E-state index in [9.17, 15) is 4.79 Å². The van der Waals surface area contributed by atoms with Crippen LogP contribution in [0.5, 0.6) is 0 Å². The van der Waals surface area contributed by atoms with Crippen molar-refractivity contribution in [3.8, 4) is 0 Å². The lowest BCUT2D eigenvalue weighted by atomic mass is 9.95. The lowest BCUT2D eigenvalue weighted by Gasteiger charge is -2.39. The van der Waals surface area contributed by atoms with E-state index in [1.165, 1.54) is 18.9 Å². The molecule has 0 aliphatic carbocycles. The normalized spacial score (nSPS) is 16.8. The van der Waals surface area contributed by atoms with Crippen molar-refractivity contribution in [3.05, 3.63) is 29.6 Å². The van der Waals surface area contributed by atoms with Crippen LogP contribution < -0.4 is 0 Å². The second-order valence-corrected chi connectivity index (χ2v) is 4.69. The van der Waals surface area contributed by atoms with Crippen LogP contribution in [0.2, 0.25) is 0 Å². The fourth-order valence-electron chi connectivity index (χ4n) is 2.32. The van der Waals surface area contributed by atoms with Gasteiger partial charge in [0.15, 0.2) is 0 Å². The van der Waals surface area contributed by atoms with E-state index in [1.54, 1.807) is 12.3 Å². The number of pyridine rings is 1. The molecule has 92 valence electrons. The quantitative estimate of drug-likeness (QED) is 0.846. The van der Waals surface area contributed by atoms with Gasteiger partial charge in [0.2, 0.25) is 0 Å². The minimum absolute atomic E-state index is 0.320. The largest absolute Gasteiger partial charge is 0.478 e. The summed E-state index contributed by atoms with van der Waals surface area (Å²) in [6, 6.07) is 3.19. The molecule has 0 bridgehead atoms. The van der Waals surface area contributed by atoms with E-state index < -0.39 is 5.97 Å². The first kappa shape index (κ1) is 12.0. The highest BCUT2D eigenvalue weighted by atomic mass is 16.4. The van der Waals surface area contributed by atoms with Gasteiger partial charge in [0.25, 0.3) is 0 Å². The minimum atomic E-state index is -0.888. The third-order valence-corrected chi connectivity index (χ3v) is 3.18. The van der Waals surface area contributed by atoms with Crippen LogP contribution in [0.25, 0.3) is 0 Å². The highest BCUT2D eigenvalue weighted by Gasteiger charge is 2.25. The van der Waals surface area contributed by atoms with Crippen molar-refractivity contribution >= 4 is 5.97 Å². The molecular weight excluding hydrogens is 216 g/mol. The second-order valence-electron chi connectivity index (χ2n) is 4.69. The molecule has 0 unspecified atom stereocenters. The lowest BCUT2D eigenvalue weighted by molar-refractivity contribution is 0.0694. The topological polar surface area (TPSA) is 53.4 Å². The Labute approximate surface area is 101 Å². The minimum Gasteiger partial charge on any atom is -0.478 e. The number of nitrogens with zero attached hydrogens (tertiary/aromatic N) is 2. The van der Waals surface area contributed by atoms with Crippen molar-refractivity contribution in [2.75, 3.05) is 13.1 Å². The van der Waals surface area contributed by atoms with E-state index in [0.29, 0.717) is 5.56 Å². The number of carboxylic acids is 1. The molecule has 17 heavy (non-hydrogen) atoms. The van der Waals surface area contributed by atoms with Gasteiger partial charge in [0.05, 0.1) is 11.3 Å². The van der Waals surface area contributed by atoms with Gasteiger partial charge in [0.1, 0.15) is 0 Å². The molecule has 2 heterocycles. The van der Waals surface area contributed by atoms with Crippen molar-refractivity contribution < 1.29 is 9.90 Å². The standard InChI is InChI=1S/C13H18N2O2/c1-2-3-10-7-15(8-10)9-12-6-11(13(16)17)4-5-14-12/h4-6,10H,2-3,7-9H2,1H3,(H,16,17). The Hall–Kier alpha value is -1.42. The highest BCUT2D eigenvalue weighted by molar-refractivity contribution is 5.87. The Kier molecular flexibility index (Phi) is 3.74. The van der Waals surface area contributed by atoms with Crippen molar-refractivity contribution in [2.45, 2.75) is 26.3 Å². The Morgan fingerprint density at radius 1 is 1.59 bits per heavy atom. The number of rotatable bonds is 5. The molecule has 0 amide bonds. The molecule has 1 aliphatic rings. The SMILES string of the molecule is CCCC1CN(Cc2cc(C(=O)O)ccn2)C1. The molecule has 1 saturated heterocycles. The number of hydrogen-bond donors (Lipinski definition) is 1. The Bertz CT molecular complexity index is 400. The van der Waals surface area contributed by atoms with E-state index >= 15 is 0 Å². The van der Waals surface area contributed by atoms with E-state index in [0.717, 1.165) is 31.2 Å². The summed E-state index contributed by atoms with van der Waals surface area (Å²) in [5, 5.41) is 8.89. The fraction of sp³-hybridized carbons (Fsp3) is 0.538. The number of aromatic nitrogens is 1. The molecule has 0 atom stereocenters. The number of hydrogen-bond acceptors (Lipinski definition) is 3. The van der Waals surface area contributed by atoms with Crippen LogP contribution in [-0.2, 0) is 6.54 Å². The number of carboxylic acid groups (broad SMARTS) is 1. The van der Waals surface area contributed by atoms with Crippen LogP contribution in [0.3, 0.4) is 0 Å². The fourth-order valence-corrected chi connectivity index (χ4v) is 2.32. The average Bonchev–Trinajstić information content (AvgIpc) is 2.27. The third-order valence-electron chi connectivity index (χ3n) is 3.18. The lowest BCUT2D eigenvalue weighted by Crippen LogP contribution is -2.45. The van der Waals surface area contributed by atoms with Crippen LogP contribution in [0.15, 0.2) is 18.3 Å². The molecular formula is C13H18N2O2. The smallest absolute Gasteiger partial charge is 0.335 e. The molecule has 0 aromatic carbocycles. The zero-order valence-corrected chi connectivity index (χ0v) is 10.1. The Morgan fingerprint density at radius 3 is 3.00 bits per heavy atom. The van der Waals surface area contributed by atoms with Crippen molar-refractivity contribution in [1.82, 2.24) is 9.88 Å². The van der Waals surface area contributed by atoms with Gasteiger partial charge >= 0.3 is 5.97 Å². The maximum atomic E-state index is 10.8. The van der Waals surface area contributed by atoms with Crippen LogP contribution in [0.4, 0.5) is 0 Å². The third kappa shape index (κ3) is 3.03. The van der Waals surface area contributed by atoms with Gasteiger partial charge in [-0.25, -0.2) is 4.79 Å². The molecule has 4 heteroatoms. The predicted octanol–water partition coefficient (Wildman–Crippen LogP) is 2.01. The Balaban J connectivity index is 1.88. The Morgan fingerprint density at radius 2 is 2.35 bits per heavy atom. The summed E-state index contributed by atoms with van der Waals surface area (Å²) in [5.74, 6) is -0.0659. The molecule has 0 spiro atoms. The van der Waals surface area contributed by atoms with Crippen LogP contribution in [0, 0.1) is 5.92 Å². The average molecular weight is 234 g/mol. The molecule has 1 aromatic heterocycles. The maximum absolute atomic E-state index is 10.8. The summed E-state index contributed by atoms with van der Waals surface area (Å²) in [5.41, 5.74) is 1.17. The van der Waals surface area contributed by atoms with Gasteiger partial charge in [-0.3, -0.25) is 9.88 Å². The van der Waals surface area contributed by atoms with E-state index in [2.05, 4.69) is 16.8 Å². The van der Waals surface area contributed by atoms with Gasteiger partial charge in [-0.2, -0.15) is 0 Å². The molecule has 1 N–H and O–H groups in total. The van der Waals surface area contributed by atoms with Gasteiger partial charge in [-0.1, -0.05) is 13.3 Å². The summed E-state index contributed by atoms with van der Waals surface area (Å²) < 4.78 is 0. The first-order chi connectivity index (χ1) is 8.19. The first-order valence-corrected chi connectivity index (χ1v) is 6.09. The second kappa shape index (κ2) is 5.27. The molecule has 0 radical (unpaired) electrons. The molecule has 2 rings (SSSR count). The summed E-state index contributed by atoms with van der Waals surface area (Å²) in [4.78, 5) is 17.3. The number of aromatic carboxylic acids is 1. The van der Waals surface area contributed by atoms with Gasteiger partial charge < -0.3 is 5.11 Å². The summed E-state index contributed by atoms with van der Waals surface area (Å²) in [7, 11) is 0. The summed E-state index contributed by atoms with van der Waals surface area (Å²) in [6.07, 6.45) is 4.10. The van der Waals surface area contributed by atoms with Crippen LogP contribution in [-0.4, -0.2) is 34.0 Å². The summed E-state index contributed by atoms with van der Waals surface area (Å²) in [6.45, 7) is 5.21. The van der Waals surface area contributed by atoms with Gasteiger partial charge in [-0.15, -0.1) is 0 Å². The van der Waals surface area contributed by atoms with Crippen molar-refractivity contribution in [3.63, 3.8) is 0 Å². The van der Waals surface area contributed by atoms with Crippen LogP contribution in [0.1, 0.15) is 35.8 Å². The van der Waals surface area contributed by atoms with Gasteiger partial charge in [-0.05, 0) is 24.5 Å². The highest BCUT2D eigenvalue weighted by Crippen LogP contribution is 2.22. The van der Waals surface area contributed by atoms with E-state index in [-0.39, 0.29) is 0 Å². The monoisotopic (exact) mass is 234 g/mol. The molecule has 1 aromatic rings. The zero-order valence-electron chi connectivity index (χ0n) is 10.1. The zero-order chi connectivity index (χ0) is 12.3. The number of likely N-dealkylation sites (tertiary alicyclic amines) is 1. The molecule has 4 nitrogen and oxygen atoms in total. The van der Waals surface area contributed by atoms with E-state index in [1.807, 2.05) is 0 Å². The number of carbonyl (C=O) groups is 1. The van der Waals surface area contributed by atoms with Crippen molar-refractivity contribution in [2.24, 2.45) is 5.92 Å².